The molecule has 0 radical (unpaired) electrons. The molecule has 1 amide bonds. The van der Waals surface area contributed by atoms with E-state index in [2.05, 4.69) is 15.2 Å². The molecule has 2 aromatic rings. The van der Waals surface area contributed by atoms with E-state index in [1.165, 1.54) is 0 Å². The summed E-state index contributed by atoms with van der Waals surface area (Å²) in [6.07, 6.45) is 3.08. The number of aliphatic hydroxyl groups is 2. The number of carbonyl (C=O) groups is 1. The second kappa shape index (κ2) is 7.34. The predicted molar refractivity (Wildman–Crippen MR) is 87.6 cm³/mol. The van der Waals surface area contributed by atoms with Gasteiger partial charge in [0, 0.05) is 51.5 Å². The van der Waals surface area contributed by atoms with Crippen molar-refractivity contribution in [3.05, 3.63) is 35.0 Å². The maximum Gasteiger partial charge on any atom is 0.276 e. The number of hydrogen-bond donors (Lipinski definition) is 2. The SMILES string of the molecule is Cc1onc(C(=O)N2CCN(Cc3cnn(C)c3)CC(O)C2)c1CO. The Kier molecular flexibility index (Phi) is 5.16. The summed E-state index contributed by atoms with van der Waals surface area (Å²) in [5.74, 6) is 0.0996. The van der Waals surface area contributed by atoms with Crippen molar-refractivity contribution in [1.29, 1.82) is 0 Å². The van der Waals surface area contributed by atoms with Crippen molar-refractivity contribution in [3.63, 3.8) is 0 Å². The minimum absolute atomic E-state index is 0.118. The maximum atomic E-state index is 12.7. The summed E-state index contributed by atoms with van der Waals surface area (Å²) >= 11 is 0. The van der Waals surface area contributed by atoms with Crippen molar-refractivity contribution in [2.75, 3.05) is 26.2 Å². The molecule has 0 spiro atoms. The molecule has 1 saturated heterocycles. The van der Waals surface area contributed by atoms with E-state index >= 15 is 0 Å². The molecule has 2 N–H and O–H groups in total. The molecule has 9 nitrogen and oxygen atoms in total. The summed E-state index contributed by atoms with van der Waals surface area (Å²) in [5.41, 5.74) is 1.58. The highest BCUT2D eigenvalue weighted by atomic mass is 16.5. The van der Waals surface area contributed by atoms with Gasteiger partial charge >= 0.3 is 0 Å². The third kappa shape index (κ3) is 3.89. The van der Waals surface area contributed by atoms with Crippen LogP contribution in [0.2, 0.25) is 0 Å². The van der Waals surface area contributed by atoms with E-state index in [9.17, 15) is 15.0 Å². The topological polar surface area (TPSA) is 108 Å². The highest BCUT2D eigenvalue weighted by molar-refractivity contribution is 5.93. The van der Waals surface area contributed by atoms with E-state index in [0.29, 0.717) is 37.5 Å². The normalized spacial score (nSPS) is 19.2. The molecule has 1 aliphatic rings. The molecule has 0 bridgehead atoms. The van der Waals surface area contributed by atoms with Crippen LogP contribution >= 0.6 is 0 Å². The molecule has 3 heterocycles. The van der Waals surface area contributed by atoms with Crippen LogP contribution in [0.25, 0.3) is 0 Å². The first-order valence-electron chi connectivity index (χ1n) is 8.21. The highest BCUT2D eigenvalue weighted by Crippen LogP contribution is 2.17. The van der Waals surface area contributed by atoms with Crippen LogP contribution in [0.3, 0.4) is 0 Å². The van der Waals surface area contributed by atoms with E-state index in [-0.39, 0.29) is 24.8 Å². The quantitative estimate of drug-likeness (QED) is 0.768. The Hall–Kier alpha value is -2.23. The zero-order valence-electron chi connectivity index (χ0n) is 14.4. The number of β-amino-alcohol motifs (C(OH)–C–C–N with tert-alkyl or cyclic N) is 1. The van der Waals surface area contributed by atoms with Crippen molar-refractivity contribution in [2.24, 2.45) is 7.05 Å². The fourth-order valence-electron chi connectivity index (χ4n) is 3.09. The molecule has 0 aliphatic carbocycles. The van der Waals surface area contributed by atoms with Gasteiger partial charge in [-0.2, -0.15) is 5.10 Å². The van der Waals surface area contributed by atoms with E-state index < -0.39 is 6.10 Å². The molecule has 1 aliphatic heterocycles. The Morgan fingerprint density at radius 3 is 2.88 bits per heavy atom. The monoisotopic (exact) mass is 349 g/mol. The van der Waals surface area contributed by atoms with Gasteiger partial charge < -0.3 is 19.6 Å². The smallest absolute Gasteiger partial charge is 0.276 e. The Labute approximate surface area is 145 Å². The Morgan fingerprint density at radius 1 is 1.40 bits per heavy atom. The third-order valence-electron chi connectivity index (χ3n) is 4.38. The molecule has 3 rings (SSSR count). The fourth-order valence-corrected chi connectivity index (χ4v) is 3.09. The van der Waals surface area contributed by atoms with Crippen molar-refractivity contribution in [3.8, 4) is 0 Å². The number of aliphatic hydroxyl groups excluding tert-OH is 2. The van der Waals surface area contributed by atoms with Crippen molar-refractivity contribution in [1.82, 2.24) is 24.7 Å². The van der Waals surface area contributed by atoms with Crippen molar-refractivity contribution >= 4 is 5.91 Å². The zero-order valence-corrected chi connectivity index (χ0v) is 14.4. The maximum absolute atomic E-state index is 12.7. The van der Waals surface area contributed by atoms with E-state index in [1.54, 1.807) is 22.7 Å². The van der Waals surface area contributed by atoms with Crippen molar-refractivity contribution in [2.45, 2.75) is 26.2 Å². The summed E-state index contributed by atoms with van der Waals surface area (Å²) < 4.78 is 6.76. The van der Waals surface area contributed by atoms with Crippen LogP contribution < -0.4 is 0 Å². The lowest BCUT2D eigenvalue weighted by atomic mass is 10.2. The molecular weight excluding hydrogens is 326 g/mol. The van der Waals surface area contributed by atoms with Gasteiger partial charge in [0.05, 0.1) is 24.5 Å². The van der Waals surface area contributed by atoms with Gasteiger partial charge in [-0.15, -0.1) is 0 Å². The Balaban J connectivity index is 1.69. The van der Waals surface area contributed by atoms with Crippen LogP contribution in [0, 0.1) is 6.92 Å². The summed E-state index contributed by atoms with van der Waals surface area (Å²) in [7, 11) is 1.86. The number of aryl methyl sites for hydroxylation is 2. The second-order valence-corrected chi connectivity index (χ2v) is 6.39. The van der Waals surface area contributed by atoms with E-state index in [1.807, 2.05) is 13.2 Å². The van der Waals surface area contributed by atoms with Gasteiger partial charge in [-0.1, -0.05) is 5.16 Å². The van der Waals surface area contributed by atoms with Crippen LogP contribution in [-0.4, -0.2) is 73.1 Å². The first-order valence-corrected chi connectivity index (χ1v) is 8.21. The Morgan fingerprint density at radius 2 is 2.20 bits per heavy atom. The van der Waals surface area contributed by atoms with Gasteiger partial charge in [-0.05, 0) is 6.92 Å². The number of aromatic nitrogens is 3. The Bertz CT molecular complexity index is 741. The summed E-state index contributed by atoms with van der Waals surface area (Å²) in [6, 6.07) is 0. The van der Waals surface area contributed by atoms with Crippen LogP contribution in [0.5, 0.6) is 0 Å². The van der Waals surface area contributed by atoms with Gasteiger partial charge in [0.15, 0.2) is 5.69 Å². The van der Waals surface area contributed by atoms with Gasteiger partial charge in [0.2, 0.25) is 0 Å². The molecular formula is C16H23N5O4. The highest BCUT2D eigenvalue weighted by Gasteiger charge is 2.29. The molecule has 0 saturated carbocycles. The molecule has 0 aromatic carbocycles. The second-order valence-electron chi connectivity index (χ2n) is 6.39. The number of rotatable bonds is 4. The first kappa shape index (κ1) is 17.6. The summed E-state index contributed by atoms with van der Waals surface area (Å²) in [4.78, 5) is 16.4. The molecule has 1 atom stereocenters. The molecule has 1 fully saturated rings. The number of nitrogens with zero attached hydrogens (tertiary/aromatic N) is 5. The molecule has 1 unspecified atom stereocenters. The van der Waals surface area contributed by atoms with Crippen LogP contribution in [0.4, 0.5) is 0 Å². The van der Waals surface area contributed by atoms with Gasteiger partial charge in [-0.25, -0.2) is 0 Å². The van der Waals surface area contributed by atoms with Crippen LogP contribution in [0.1, 0.15) is 27.4 Å². The largest absolute Gasteiger partial charge is 0.391 e. The fraction of sp³-hybridized carbons (Fsp3) is 0.562. The van der Waals surface area contributed by atoms with Gasteiger partial charge in [-0.3, -0.25) is 14.4 Å². The van der Waals surface area contributed by atoms with Gasteiger partial charge in [0.25, 0.3) is 5.91 Å². The number of carbonyl (C=O) groups excluding carboxylic acids is 1. The minimum Gasteiger partial charge on any atom is -0.391 e. The third-order valence-corrected chi connectivity index (χ3v) is 4.38. The molecule has 2 aromatic heterocycles. The minimum atomic E-state index is -0.659. The lowest BCUT2D eigenvalue weighted by Gasteiger charge is -2.21. The van der Waals surface area contributed by atoms with Gasteiger partial charge in [0.1, 0.15) is 5.76 Å². The number of amides is 1. The zero-order chi connectivity index (χ0) is 18.0. The molecule has 136 valence electrons. The summed E-state index contributed by atoms with van der Waals surface area (Å²) in [6.45, 7) is 3.80. The number of hydrogen-bond acceptors (Lipinski definition) is 7. The molecule has 9 heteroatoms. The standard InChI is InChI=1S/C16H23N5O4/c1-11-14(10-22)15(18-25-11)16(24)21-4-3-20(8-13(23)9-21)7-12-5-17-19(2)6-12/h5-6,13,22-23H,3-4,7-10H2,1-2H3. The van der Waals surface area contributed by atoms with Crippen LogP contribution in [-0.2, 0) is 20.2 Å². The van der Waals surface area contributed by atoms with Crippen molar-refractivity contribution < 1.29 is 19.5 Å². The molecule has 25 heavy (non-hydrogen) atoms. The lowest BCUT2D eigenvalue weighted by molar-refractivity contribution is 0.0651. The lowest BCUT2D eigenvalue weighted by Crippen LogP contribution is -2.38. The first-order chi connectivity index (χ1) is 12.0. The van der Waals surface area contributed by atoms with Crippen LogP contribution in [0.15, 0.2) is 16.9 Å². The summed E-state index contributed by atoms with van der Waals surface area (Å²) in [5, 5.41) is 27.6. The average molecular weight is 349 g/mol. The van der Waals surface area contributed by atoms with E-state index in [0.717, 1.165) is 5.56 Å². The average Bonchev–Trinajstić information content (AvgIpc) is 3.09. The van der Waals surface area contributed by atoms with E-state index in [4.69, 9.17) is 4.52 Å². The predicted octanol–water partition coefficient (Wildman–Crippen LogP) is -0.472.